The zero-order valence-corrected chi connectivity index (χ0v) is 9.18. The van der Waals surface area contributed by atoms with Gasteiger partial charge in [-0.2, -0.15) is 0 Å². The Labute approximate surface area is 85.5 Å². The second-order valence-electron chi connectivity index (χ2n) is 4.02. The molecule has 0 aromatic heterocycles. The van der Waals surface area contributed by atoms with Gasteiger partial charge in [-0.3, -0.25) is 4.90 Å². The van der Waals surface area contributed by atoms with Crippen molar-refractivity contribution in [2.45, 2.75) is 33.1 Å². The maximum absolute atomic E-state index is 12.1. The number of nitrogens with zero attached hydrogens (tertiary/aromatic N) is 1. The maximum Gasteiger partial charge on any atom is 0.251 e. The van der Waals surface area contributed by atoms with Gasteiger partial charge in [0.25, 0.3) is 6.43 Å². The molecule has 0 fully saturated rings. The van der Waals surface area contributed by atoms with Crippen molar-refractivity contribution >= 4 is 0 Å². The molecule has 0 unspecified atom stereocenters. The van der Waals surface area contributed by atoms with Crippen molar-refractivity contribution in [3.63, 3.8) is 0 Å². The highest BCUT2D eigenvalue weighted by atomic mass is 19.3. The van der Waals surface area contributed by atoms with E-state index in [1.54, 1.807) is 4.90 Å². The molecule has 0 aliphatic rings. The van der Waals surface area contributed by atoms with Crippen LogP contribution in [0.25, 0.3) is 0 Å². The second-order valence-corrected chi connectivity index (χ2v) is 4.02. The van der Waals surface area contributed by atoms with Crippen LogP contribution in [0.15, 0.2) is 0 Å². The van der Waals surface area contributed by atoms with Crippen LogP contribution in [0.1, 0.15) is 26.7 Å². The third-order valence-corrected chi connectivity index (χ3v) is 2.10. The highest BCUT2D eigenvalue weighted by Crippen LogP contribution is 2.06. The van der Waals surface area contributed by atoms with Crippen LogP contribution in [0, 0.1) is 5.92 Å². The SMILES string of the molecule is CC(C)CCCN(CCN)CC(F)F. The molecule has 14 heavy (non-hydrogen) atoms. The minimum Gasteiger partial charge on any atom is -0.329 e. The van der Waals surface area contributed by atoms with Crippen molar-refractivity contribution in [3.8, 4) is 0 Å². The van der Waals surface area contributed by atoms with E-state index in [2.05, 4.69) is 13.8 Å². The zero-order chi connectivity index (χ0) is 11.0. The van der Waals surface area contributed by atoms with Crippen molar-refractivity contribution in [3.05, 3.63) is 0 Å². The molecule has 0 saturated carbocycles. The first kappa shape index (κ1) is 13.8. The number of halogens is 2. The smallest absolute Gasteiger partial charge is 0.251 e. The topological polar surface area (TPSA) is 29.3 Å². The Morgan fingerprint density at radius 2 is 1.86 bits per heavy atom. The van der Waals surface area contributed by atoms with Gasteiger partial charge in [0.2, 0.25) is 0 Å². The lowest BCUT2D eigenvalue weighted by atomic mass is 10.1. The van der Waals surface area contributed by atoms with Crippen LogP contribution in [0.3, 0.4) is 0 Å². The molecule has 0 bridgehead atoms. The van der Waals surface area contributed by atoms with Crippen LogP contribution in [-0.2, 0) is 0 Å². The molecule has 0 radical (unpaired) electrons. The van der Waals surface area contributed by atoms with Gasteiger partial charge in [0.15, 0.2) is 0 Å². The maximum atomic E-state index is 12.1. The fraction of sp³-hybridized carbons (Fsp3) is 1.00. The van der Waals surface area contributed by atoms with Crippen molar-refractivity contribution in [2.24, 2.45) is 11.7 Å². The minimum atomic E-state index is -2.25. The van der Waals surface area contributed by atoms with Crippen molar-refractivity contribution in [2.75, 3.05) is 26.2 Å². The fourth-order valence-corrected chi connectivity index (χ4v) is 1.40. The highest BCUT2D eigenvalue weighted by Gasteiger charge is 2.10. The predicted octanol–water partition coefficient (Wildman–Crippen LogP) is 1.95. The molecule has 0 saturated heterocycles. The molecule has 0 atom stereocenters. The summed E-state index contributed by atoms with van der Waals surface area (Å²) in [5, 5.41) is 0. The van der Waals surface area contributed by atoms with Crippen LogP contribution >= 0.6 is 0 Å². The molecule has 0 rings (SSSR count). The Balaban J connectivity index is 3.61. The van der Waals surface area contributed by atoms with Gasteiger partial charge in [0.1, 0.15) is 0 Å². The van der Waals surface area contributed by atoms with Gasteiger partial charge in [-0.05, 0) is 25.3 Å². The molecule has 0 aliphatic carbocycles. The minimum absolute atomic E-state index is 0.144. The number of hydrogen-bond donors (Lipinski definition) is 1. The molecule has 0 heterocycles. The molecular weight excluding hydrogens is 186 g/mol. The Kier molecular flexibility index (Phi) is 7.99. The van der Waals surface area contributed by atoms with Gasteiger partial charge in [-0.25, -0.2) is 8.78 Å². The average Bonchev–Trinajstić information content (AvgIpc) is 2.02. The summed E-state index contributed by atoms with van der Waals surface area (Å²) in [7, 11) is 0. The molecule has 0 spiro atoms. The predicted molar refractivity (Wildman–Crippen MR) is 55.6 cm³/mol. The second kappa shape index (κ2) is 8.12. The quantitative estimate of drug-likeness (QED) is 0.660. The van der Waals surface area contributed by atoms with Crippen LogP contribution in [0.5, 0.6) is 0 Å². The van der Waals surface area contributed by atoms with Crippen LogP contribution in [0.2, 0.25) is 0 Å². The van der Waals surface area contributed by atoms with E-state index < -0.39 is 6.43 Å². The number of hydrogen-bond acceptors (Lipinski definition) is 2. The molecule has 2 N–H and O–H groups in total. The van der Waals surface area contributed by atoms with E-state index in [4.69, 9.17) is 5.73 Å². The van der Waals surface area contributed by atoms with Gasteiger partial charge in [0, 0.05) is 13.1 Å². The van der Waals surface area contributed by atoms with E-state index in [9.17, 15) is 8.78 Å². The molecule has 0 aromatic rings. The van der Waals surface area contributed by atoms with Gasteiger partial charge in [-0.15, -0.1) is 0 Å². The van der Waals surface area contributed by atoms with Gasteiger partial charge in [-0.1, -0.05) is 13.8 Å². The standard InChI is InChI=1S/C10H22F2N2/c1-9(2)4-3-6-14(7-5-13)8-10(11)12/h9-10H,3-8,13H2,1-2H3. The molecule has 0 aromatic carbocycles. The Bertz CT molecular complexity index is 129. The molecule has 86 valence electrons. The van der Waals surface area contributed by atoms with E-state index in [0.29, 0.717) is 19.0 Å². The first-order valence-electron chi connectivity index (χ1n) is 5.26. The molecule has 0 amide bonds. The third-order valence-electron chi connectivity index (χ3n) is 2.10. The van der Waals surface area contributed by atoms with Crippen LogP contribution in [-0.4, -0.2) is 37.5 Å². The zero-order valence-electron chi connectivity index (χ0n) is 9.18. The number of nitrogens with two attached hydrogens (primary N) is 1. The van der Waals surface area contributed by atoms with Gasteiger partial charge in [0.05, 0.1) is 6.54 Å². The third kappa shape index (κ3) is 8.38. The van der Waals surface area contributed by atoms with E-state index in [1.807, 2.05) is 0 Å². The monoisotopic (exact) mass is 208 g/mol. The lowest BCUT2D eigenvalue weighted by molar-refractivity contribution is 0.0883. The van der Waals surface area contributed by atoms with Crippen molar-refractivity contribution in [1.82, 2.24) is 4.90 Å². The number of alkyl halides is 2. The van der Waals surface area contributed by atoms with Crippen molar-refractivity contribution < 1.29 is 8.78 Å². The number of rotatable bonds is 8. The molecular formula is C10H22F2N2. The molecule has 4 heteroatoms. The van der Waals surface area contributed by atoms with Crippen molar-refractivity contribution in [1.29, 1.82) is 0 Å². The summed E-state index contributed by atoms with van der Waals surface area (Å²) >= 11 is 0. The summed E-state index contributed by atoms with van der Waals surface area (Å²) in [5.74, 6) is 0.640. The fourth-order valence-electron chi connectivity index (χ4n) is 1.40. The average molecular weight is 208 g/mol. The summed E-state index contributed by atoms with van der Waals surface area (Å²) in [6, 6.07) is 0. The largest absolute Gasteiger partial charge is 0.329 e. The van der Waals surface area contributed by atoms with Gasteiger partial charge >= 0.3 is 0 Å². The summed E-state index contributed by atoms with van der Waals surface area (Å²) in [4.78, 5) is 1.74. The summed E-state index contributed by atoms with van der Waals surface area (Å²) < 4.78 is 24.2. The van der Waals surface area contributed by atoms with E-state index in [-0.39, 0.29) is 6.54 Å². The van der Waals surface area contributed by atoms with Gasteiger partial charge < -0.3 is 5.73 Å². The Morgan fingerprint density at radius 1 is 1.21 bits per heavy atom. The van der Waals surface area contributed by atoms with Crippen LogP contribution < -0.4 is 5.73 Å². The highest BCUT2D eigenvalue weighted by molar-refractivity contribution is 4.60. The first-order valence-corrected chi connectivity index (χ1v) is 5.26. The normalized spacial score (nSPS) is 12.0. The Morgan fingerprint density at radius 3 is 2.29 bits per heavy atom. The summed E-state index contributed by atoms with van der Waals surface area (Å²) in [5.41, 5.74) is 5.35. The summed E-state index contributed by atoms with van der Waals surface area (Å²) in [6.07, 6.45) is -0.185. The van der Waals surface area contributed by atoms with E-state index in [0.717, 1.165) is 19.4 Å². The summed E-state index contributed by atoms with van der Waals surface area (Å²) in [6.45, 7) is 5.90. The molecule has 0 aliphatic heterocycles. The van der Waals surface area contributed by atoms with Crippen LogP contribution in [0.4, 0.5) is 8.78 Å². The Hall–Kier alpha value is -0.220. The lowest BCUT2D eigenvalue weighted by Gasteiger charge is -2.21. The lowest BCUT2D eigenvalue weighted by Crippen LogP contribution is -2.34. The molecule has 2 nitrogen and oxygen atoms in total. The van der Waals surface area contributed by atoms with E-state index in [1.165, 1.54) is 0 Å². The van der Waals surface area contributed by atoms with E-state index >= 15 is 0 Å². The first-order chi connectivity index (χ1) is 6.56.